The highest BCUT2D eigenvalue weighted by molar-refractivity contribution is 8.25. The fraction of sp³-hybridized carbons (Fsp3) is 0.471. The van der Waals surface area contributed by atoms with Gasteiger partial charge >= 0.3 is 5.97 Å². The van der Waals surface area contributed by atoms with Gasteiger partial charge in [-0.1, -0.05) is 12.2 Å². The summed E-state index contributed by atoms with van der Waals surface area (Å²) in [6.45, 7) is 2.38. The van der Waals surface area contributed by atoms with Crippen LogP contribution in [0.1, 0.15) is 53.1 Å². The lowest BCUT2D eigenvalue weighted by atomic mass is 9.90. The Morgan fingerprint density at radius 1 is 1.30 bits per heavy atom. The van der Waals surface area contributed by atoms with Crippen LogP contribution in [0.5, 0.6) is 0 Å². The summed E-state index contributed by atoms with van der Waals surface area (Å²) >= 11 is 0. The van der Waals surface area contributed by atoms with E-state index in [0.29, 0.717) is 18.0 Å². The van der Waals surface area contributed by atoms with Gasteiger partial charge in [-0.2, -0.15) is 0 Å². The van der Waals surface area contributed by atoms with Gasteiger partial charge in [-0.05, 0) is 55.9 Å². The predicted molar refractivity (Wildman–Crippen MR) is 93.5 cm³/mol. The molecule has 0 bridgehead atoms. The predicted octanol–water partition coefficient (Wildman–Crippen LogP) is 4.39. The van der Waals surface area contributed by atoms with E-state index in [9.17, 15) is 19.0 Å². The number of hydrogen-bond donors (Lipinski definition) is 3. The first kappa shape index (κ1) is 16.4. The number of anilines is 1. The summed E-state index contributed by atoms with van der Waals surface area (Å²) in [6, 6.07) is 3.53. The van der Waals surface area contributed by atoms with Crippen LogP contribution in [0.25, 0.3) is 0 Å². The molecule has 3 rings (SSSR count). The second-order valence-corrected chi connectivity index (χ2v) is 8.38. The van der Waals surface area contributed by atoms with Crippen LogP contribution in [0, 0.1) is 6.92 Å². The molecule has 1 aromatic rings. The van der Waals surface area contributed by atoms with Crippen LogP contribution in [0.15, 0.2) is 24.3 Å². The maximum atomic E-state index is 11.6. The van der Waals surface area contributed by atoms with Gasteiger partial charge < -0.3 is 5.11 Å². The summed E-state index contributed by atoms with van der Waals surface area (Å²) in [5.74, 6) is -0.414. The SMILES string of the molecule is Cc1c(C(=O)O)cc(N2CCCCS2(O)O)cc1C1C=CCC1. The zero-order valence-corrected chi connectivity index (χ0v) is 14.1. The quantitative estimate of drug-likeness (QED) is 0.713. The molecule has 3 N–H and O–H groups in total. The van der Waals surface area contributed by atoms with Crippen LogP contribution in [0.3, 0.4) is 0 Å². The summed E-state index contributed by atoms with van der Waals surface area (Å²) in [7, 11) is -2.85. The Morgan fingerprint density at radius 3 is 2.70 bits per heavy atom. The zero-order valence-electron chi connectivity index (χ0n) is 13.2. The summed E-state index contributed by atoms with van der Waals surface area (Å²) in [5.41, 5.74) is 2.61. The average Bonchev–Trinajstić information content (AvgIpc) is 3.01. The van der Waals surface area contributed by atoms with E-state index in [2.05, 4.69) is 12.2 Å². The number of nitrogens with zero attached hydrogens (tertiary/aromatic N) is 1. The van der Waals surface area contributed by atoms with E-state index in [1.807, 2.05) is 13.0 Å². The molecule has 1 fully saturated rings. The van der Waals surface area contributed by atoms with E-state index >= 15 is 0 Å². The zero-order chi connectivity index (χ0) is 16.6. The number of carbonyl (C=O) groups is 1. The van der Waals surface area contributed by atoms with Crippen molar-refractivity contribution in [2.75, 3.05) is 16.6 Å². The van der Waals surface area contributed by atoms with Crippen LogP contribution >= 0.6 is 10.8 Å². The van der Waals surface area contributed by atoms with Crippen LogP contribution < -0.4 is 4.31 Å². The first-order chi connectivity index (χ1) is 10.9. The summed E-state index contributed by atoms with van der Waals surface area (Å²) < 4.78 is 22.3. The lowest BCUT2D eigenvalue weighted by molar-refractivity contribution is 0.0696. The van der Waals surface area contributed by atoms with E-state index in [4.69, 9.17) is 0 Å². The second kappa shape index (κ2) is 6.19. The number of carboxylic acid groups (broad SMARTS) is 1. The fourth-order valence-electron chi connectivity index (χ4n) is 3.47. The van der Waals surface area contributed by atoms with Crippen LogP contribution in [0.2, 0.25) is 0 Å². The van der Waals surface area contributed by atoms with Crippen LogP contribution in [0.4, 0.5) is 5.69 Å². The van der Waals surface area contributed by atoms with E-state index in [0.717, 1.165) is 36.8 Å². The van der Waals surface area contributed by atoms with Gasteiger partial charge in [0.2, 0.25) is 0 Å². The molecule has 2 aliphatic rings. The minimum absolute atomic E-state index is 0.208. The van der Waals surface area contributed by atoms with Crippen molar-refractivity contribution in [1.29, 1.82) is 0 Å². The maximum Gasteiger partial charge on any atom is 0.336 e. The Balaban J connectivity index is 2.09. The molecular weight excluding hydrogens is 314 g/mol. The maximum absolute atomic E-state index is 11.6. The molecule has 0 saturated carbocycles. The third-order valence-electron chi connectivity index (χ3n) is 4.75. The number of hydrogen-bond acceptors (Lipinski definition) is 4. The molecule has 0 spiro atoms. The van der Waals surface area contributed by atoms with E-state index in [-0.39, 0.29) is 11.5 Å². The number of benzene rings is 1. The number of aromatic carboxylic acids is 1. The topological polar surface area (TPSA) is 81.0 Å². The molecule has 1 unspecified atom stereocenters. The van der Waals surface area contributed by atoms with Crippen molar-refractivity contribution in [2.24, 2.45) is 0 Å². The Morgan fingerprint density at radius 2 is 2.09 bits per heavy atom. The highest BCUT2D eigenvalue weighted by Crippen LogP contribution is 2.50. The van der Waals surface area contributed by atoms with Crippen molar-refractivity contribution in [3.05, 3.63) is 41.0 Å². The van der Waals surface area contributed by atoms with Gasteiger partial charge in [0.15, 0.2) is 0 Å². The molecule has 1 aliphatic heterocycles. The number of allylic oxidation sites excluding steroid dienone is 2. The summed E-state index contributed by atoms with van der Waals surface area (Å²) in [5, 5.41) is 9.53. The van der Waals surface area contributed by atoms with E-state index in [1.165, 1.54) is 0 Å². The molecule has 1 saturated heterocycles. The first-order valence-corrected chi connectivity index (χ1v) is 9.65. The average molecular weight is 337 g/mol. The molecule has 1 atom stereocenters. The lowest BCUT2D eigenvalue weighted by Gasteiger charge is -2.47. The van der Waals surface area contributed by atoms with Gasteiger partial charge in [0.25, 0.3) is 0 Å². The monoisotopic (exact) mass is 337 g/mol. The van der Waals surface area contributed by atoms with Crippen molar-refractivity contribution in [3.8, 4) is 0 Å². The van der Waals surface area contributed by atoms with Crippen molar-refractivity contribution in [3.63, 3.8) is 0 Å². The molecule has 0 aromatic heterocycles. The largest absolute Gasteiger partial charge is 0.478 e. The summed E-state index contributed by atoms with van der Waals surface area (Å²) in [6.07, 6.45) is 7.87. The second-order valence-electron chi connectivity index (χ2n) is 6.27. The van der Waals surface area contributed by atoms with Gasteiger partial charge in [-0.25, -0.2) is 4.79 Å². The van der Waals surface area contributed by atoms with Gasteiger partial charge in [0.1, 0.15) is 0 Å². The van der Waals surface area contributed by atoms with Gasteiger partial charge in [0, 0.05) is 12.5 Å². The smallest absolute Gasteiger partial charge is 0.336 e. The van der Waals surface area contributed by atoms with Gasteiger partial charge in [-0.3, -0.25) is 13.4 Å². The molecule has 1 aromatic carbocycles. The summed E-state index contributed by atoms with van der Waals surface area (Å²) in [4.78, 5) is 11.6. The lowest BCUT2D eigenvalue weighted by Crippen LogP contribution is -2.34. The standard InChI is InChI=1S/C17H23NO4S/c1-12-15(13-6-2-3-7-13)10-14(11-16(12)17(19)20)18-8-4-5-9-23(18,21)22/h2,6,10-11,13,21-22H,3-5,7-9H2,1H3,(H,19,20). The third-order valence-corrected chi connectivity index (χ3v) is 6.68. The normalized spacial score (nSPS) is 24.7. The van der Waals surface area contributed by atoms with Crippen molar-refractivity contribution < 1.29 is 19.0 Å². The highest BCUT2D eigenvalue weighted by Gasteiger charge is 2.29. The number of rotatable bonds is 3. The van der Waals surface area contributed by atoms with Crippen molar-refractivity contribution in [1.82, 2.24) is 0 Å². The van der Waals surface area contributed by atoms with Crippen LogP contribution in [-0.4, -0.2) is 32.5 Å². The molecule has 1 heterocycles. The molecule has 6 heteroatoms. The minimum Gasteiger partial charge on any atom is -0.478 e. The Labute approximate surface area is 138 Å². The molecule has 126 valence electrons. The van der Waals surface area contributed by atoms with Crippen LogP contribution in [-0.2, 0) is 0 Å². The first-order valence-electron chi connectivity index (χ1n) is 7.98. The van der Waals surface area contributed by atoms with E-state index in [1.54, 1.807) is 10.4 Å². The Kier molecular flexibility index (Phi) is 4.40. The number of carboxylic acids is 1. The Hall–Kier alpha value is -1.50. The van der Waals surface area contributed by atoms with Crippen molar-refractivity contribution >= 4 is 22.4 Å². The molecule has 5 nitrogen and oxygen atoms in total. The van der Waals surface area contributed by atoms with Gasteiger partial charge in [-0.15, -0.1) is 10.8 Å². The molecule has 23 heavy (non-hydrogen) atoms. The fourth-order valence-corrected chi connectivity index (χ4v) is 5.15. The molecular formula is C17H23NO4S. The molecule has 1 aliphatic carbocycles. The van der Waals surface area contributed by atoms with Gasteiger partial charge in [0.05, 0.1) is 17.0 Å². The van der Waals surface area contributed by atoms with Crippen molar-refractivity contribution in [2.45, 2.75) is 38.5 Å². The molecule has 0 radical (unpaired) electrons. The molecule has 0 amide bonds. The van der Waals surface area contributed by atoms with E-state index < -0.39 is 16.7 Å². The Bertz CT molecular complexity index is 656. The third kappa shape index (κ3) is 3.11. The highest BCUT2D eigenvalue weighted by atomic mass is 32.3. The minimum atomic E-state index is -2.85.